The summed E-state index contributed by atoms with van der Waals surface area (Å²) in [5.41, 5.74) is -1.71. The number of carbonyl (C=O) groups excluding carboxylic acids is 2. The van der Waals surface area contributed by atoms with Crippen LogP contribution in [0.25, 0.3) is 0 Å². The third-order valence-electron chi connectivity index (χ3n) is 9.70. The summed E-state index contributed by atoms with van der Waals surface area (Å²) in [6.07, 6.45) is 7.76. The highest BCUT2D eigenvalue weighted by atomic mass is 16.5. The van der Waals surface area contributed by atoms with E-state index in [4.69, 9.17) is 9.47 Å². The van der Waals surface area contributed by atoms with Gasteiger partial charge in [0.15, 0.2) is 0 Å². The Balaban J connectivity index is 6.05. The van der Waals surface area contributed by atoms with Gasteiger partial charge in [-0.2, -0.15) is 0 Å². The molecule has 0 aromatic carbocycles. The average Bonchev–Trinajstić information content (AvgIpc) is 2.87. The van der Waals surface area contributed by atoms with Gasteiger partial charge in [-0.25, -0.2) is 0 Å². The Morgan fingerprint density at radius 1 is 0.629 bits per heavy atom. The first kappa shape index (κ1) is 34.3. The molecule has 2 atom stereocenters. The number of hydrogen-bond acceptors (Lipinski definition) is 4. The molecule has 35 heavy (non-hydrogen) atoms. The molecule has 0 spiro atoms. The van der Waals surface area contributed by atoms with Crippen molar-refractivity contribution in [3.63, 3.8) is 0 Å². The molecule has 0 aliphatic carbocycles. The lowest BCUT2D eigenvalue weighted by Crippen LogP contribution is -2.56. The molecule has 0 fully saturated rings. The highest BCUT2D eigenvalue weighted by Crippen LogP contribution is 2.48. The van der Waals surface area contributed by atoms with Crippen molar-refractivity contribution in [2.75, 3.05) is 0 Å². The van der Waals surface area contributed by atoms with E-state index in [-0.39, 0.29) is 34.8 Å². The zero-order valence-electron chi connectivity index (χ0n) is 25.6. The minimum Gasteiger partial charge on any atom is -0.372 e. The molecular weight excluding hydrogens is 436 g/mol. The van der Waals surface area contributed by atoms with Crippen molar-refractivity contribution in [3.8, 4) is 0 Å². The summed E-state index contributed by atoms with van der Waals surface area (Å²) in [7, 11) is 0. The molecule has 4 nitrogen and oxygen atoms in total. The Morgan fingerprint density at radius 2 is 1.11 bits per heavy atom. The van der Waals surface area contributed by atoms with Crippen molar-refractivity contribution >= 4 is 11.6 Å². The van der Waals surface area contributed by atoms with Crippen LogP contribution in [0.1, 0.15) is 154 Å². The summed E-state index contributed by atoms with van der Waals surface area (Å²) < 4.78 is 13.3. The van der Waals surface area contributed by atoms with Gasteiger partial charge in [-0.15, -0.1) is 0 Å². The van der Waals surface area contributed by atoms with E-state index in [9.17, 15) is 9.59 Å². The van der Waals surface area contributed by atoms with E-state index in [2.05, 4.69) is 76.2 Å². The number of hydrogen-bond donors (Lipinski definition) is 0. The monoisotopic (exact) mass is 496 g/mol. The molecule has 0 rings (SSSR count). The fourth-order valence-corrected chi connectivity index (χ4v) is 5.82. The summed E-state index contributed by atoms with van der Waals surface area (Å²) in [4.78, 5) is 27.3. The largest absolute Gasteiger partial charge is 0.372 e. The highest BCUT2D eigenvalue weighted by Gasteiger charge is 2.53. The van der Waals surface area contributed by atoms with Crippen molar-refractivity contribution < 1.29 is 19.1 Å². The second-order valence-corrected chi connectivity index (χ2v) is 11.2. The molecule has 0 saturated carbocycles. The van der Waals surface area contributed by atoms with Gasteiger partial charge >= 0.3 is 0 Å². The molecule has 0 radical (unpaired) electrons. The van der Waals surface area contributed by atoms with E-state index in [1.807, 2.05) is 6.92 Å². The molecule has 0 aliphatic rings. The SMILES string of the molecule is CCC(CC(=O)C(CC)(CC)C(CC)(CC)OC(C)CC(=O)C(C)(CC)CC)OC(C)(CC)CC. The summed E-state index contributed by atoms with van der Waals surface area (Å²) in [6.45, 7) is 25.3. The van der Waals surface area contributed by atoms with Crippen LogP contribution in [0.15, 0.2) is 0 Å². The van der Waals surface area contributed by atoms with Gasteiger partial charge in [-0.05, 0) is 71.6 Å². The molecule has 0 aromatic heterocycles. The highest BCUT2D eigenvalue weighted by molar-refractivity contribution is 5.87. The molecular formula is C31H60O4. The van der Waals surface area contributed by atoms with Crippen LogP contribution in [0.2, 0.25) is 0 Å². The topological polar surface area (TPSA) is 52.6 Å². The second-order valence-electron chi connectivity index (χ2n) is 11.2. The number of rotatable bonds is 20. The molecule has 4 heteroatoms. The Bertz CT molecular complexity index is 622. The van der Waals surface area contributed by atoms with Crippen molar-refractivity contribution in [1.29, 1.82) is 0 Å². The van der Waals surface area contributed by atoms with Gasteiger partial charge in [0.2, 0.25) is 0 Å². The molecule has 0 saturated heterocycles. The number of carbonyl (C=O) groups is 2. The number of Topliss-reactive ketones (excluding diaryl/α,β-unsaturated/α-hetero) is 2. The molecule has 0 heterocycles. The van der Waals surface area contributed by atoms with Gasteiger partial charge in [0.1, 0.15) is 11.6 Å². The first-order valence-corrected chi connectivity index (χ1v) is 14.7. The lowest BCUT2D eigenvalue weighted by atomic mass is 9.61. The Labute approximate surface area is 218 Å². The average molecular weight is 497 g/mol. The van der Waals surface area contributed by atoms with Crippen LogP contribution in [0.5, 0.6) is 0 Å². The zero-order valence-corrected chi connectivity index (χ0v) is 25.6. The fraction of sp³-hybridized carbons (Fsp3) is 0.935. The Morgan fingerprint density at radius 3 is 1.46 bits per heavy atom. The molecule has 2 unspecified atom stereocenters. The van der Waals surface area contributed by atoms with Crippen LogP contribution >= 0.6 is 0 Å². The van der Waals surface area contributed by atoms with E-state index in [1.165, 1.54) is 0 Å². The number of ketones is 2. The predicted octanol–water partition coefficient (Wildman–Crippen LogP) is 8.88. The van der Waals surface area contributed by atoms with Crippen LogP contribution in [0, 0.1) is 10.8 Å². The maximum atomic E-state index is 14.2. The Kier molecular flexibility index (Phi) is 14.5. The summed E-state index contributed by atoms with van der Waals surface area (Å²) in [5, 5.41) is 0. The smallest absolute Gasteiger partial charge is 0.144 e. The quantitative estimate of drug-likeness (QED) is 0.169. The number of ether oxygens (including phenoxy) is 2. The van der Waals surface area contributed by atoms with Crippen molar-refractivity contribution in [1.82, 2.24) is 0 Å². The van der Waals surface area contributed by atoms with Gasteiger partial charge < -0.3 is 9.47 Å². The minimum atomic E-state index is -0.599. The fourth-order valence-electron chi connectivity index (χ4n) is 5.82. The predicted molar refractivity (Wildman–Crippen MR) is 149 cm³/mol. The maximum absolute atomic E-state index is 14.2. The van der Waals surface area contributed by atoms with Crippen molar-refractivity contribution in [3.05, 3.63) is 0 Å². The maximum Gasteiger partial charge on any atom is 0.144 e. The van der Waals surface area contributed by atoms with E-state index < -0.39 is 11.0 Å². The third-order valence-corrected chi connectivity index (χ3v) is 9.70. The summed E-state index contributed by atoms with van der Waals surface area (Å²) in [6, 6.07) is 0. The summed E-state index contributed by atoms with van der Waals surface area (Å²) >= 11 is 0. The zero-order chi connectivity index (χ0) is 27.5. The Hall–Kier alpha value is -0.740. The molecule has 0 amide bonds. The van der Waals surface area contributed by atoms with Crippen molar-refractivity contribution in [2.45, 2.75) is 177 Å². The van der Waals surface area contributed by atoms with E-state index >= 15 is 0 Å². The minimum absolute atomic E-state index is 0.0925. The standard InChI is InChI=1S/C31H60O4/c1-13-25(35-29(12,16-4)17-5)23-27(33)30(18-6,19-7)31(20-8,21-9)34-24(10)22-26(32)28(11,14-2)15-3/h24-25H,13-23H2,1-12H3. The van der Waals surface area contributed by atoms with Crippen LogP contribution in [0.4, 0.5) is 0 Å². The van der Waals surface area contributed by atoms with E-state index in [0.717, 1.165) is 57.8 Å². The van der Waals surface area contributed by atoms with Crippen LogP contribution in [-0.4, -0.2) is 35.0 Å². The van der Waals surface area contributed by atoms with Crippen LogP contribution in [0.3, 0.4) is 0 Å². The van der Waals surface area contributed by atoms with Crippen LogP contribution in [-0.2, 0) is 19.1 Å². The van der Waals surface area contributed by atoms with E-state index in [1.54, 1.807) is 0 Å². The second kappa shape index (κ2) is 14.9. The van der Waals surface area contributed by atoms with E-state index in [0.29, 0.717) is 12.8 Å². The first-order valence-electron chi connectivity index (χ1n) is 14.7. The van der Waals surface area contributed by atoms with Gasteiger partial charge in [-0.1, -0.05) is 69.2 Å². The van der Waals surface area contributed by atoms with Gasteiger partial charge in [0.25, 0.3) is 0 Å². The molecule has 0 bridgehead atoms. The first-order chi connectivity index (χ1) is 16.3. The van der Waals surface area contributed by atoms with Crippen molar-refractivity contribution in [2.24, 2.45) is 10.8 Å². The van der Waals surface area contributed by atoms with Gasteiger partial charge in [-0.3, -0.25) is 9.59 Å². The molecule has 0 N–H and O–H groups in total. The molecule has 208 valence electrons. The van der Waals surface area contributed by atoms with Gasteiger partial charge in [0.05, 0.1) is 28.8 Å². The van der Waals surface area contributed by atoms with Crippen LogP contribution < -0.4 is 0 Å². The third kappa shape index (κ3) is 7.87. The van der Waals surface area contributed by atoms with Gasteiger partial charge in [0, 0.05) is 18.3 Å². The normalized spacial score (nSPS) is 15.2. The summed E-state index contributed by atoms with van der Waals surface area (Å²) in [5.74, 6) is 0.511. The molecule has 0 aliphatic heterocycles. The lowest BCUT2D eigenvalue weighted by molar-refractivity contribution is -0.187. The lowest BCUT2D eigenvalue weighted by Gasteiger charge is -2.50. The molecule has 0 aromatic rings.